The van der Waals surface area contributed by atoms with Crippen LogP contribution in [0.5, 0.6) is 0 Å². The third-order valence-electron chi connectivity index (χ3n) is 2.80. The van der Waals surface area contributed by atoms with Gasteiger partial charge < -0.3 is 10.1 Å². The van der Waals surface area contributed by atoms with Crippen molar-refractivity contribution in [3.8, 4) is 0 Å². The van der Waals surface area contributed by atoms with Gasteiger partial charge in [0.15, 0.2) is 0 Å². The van der Waals surface area contributed by atoms with Crippen LogP contribution in [0, 0.1) is 0 Å². The molecule has 1 N–H and O–H groups in total. The molecule has 14 heavy (non-hydrogen) atoms. The van der Waals surface area contributed by atoms with Gasteiger partial charge in [0.25, 0.3) is 0 Å². The molecule has 84 valence electrons. The quantitative estimate of drug-likeness (QED) is 0.735. The Morgan fingerprint density at radius 1 is 1.50 bits per heavy atom. The van der Waals surface area contributed by atoms with Crippen molar-refractivity contribution in [1.29, 1.82) is 0 Å². The third-order valence-corrected chi connectivity index (χ3v) is 2.80. The monoisotopic (exact) mass is 200 g/mol. The molecule has 1 rings (SSSR count). The molecular formula is C11H24N2O. The Labute approximate surface area is 87.8 Å². The standard InChI is InChI=1S/C11H24N2O/c1-5-12-9(2)6-13-7-11(4)14-8-10(13)3/h9-12H,5-8H2,1-4H3. The van der Waals surface area contributed by atoms with Gasteiger partial charge in [0.2, 0.25) is 0 Å². The van der Waals surface area contributed by atoms with Gasteiger partial charge in [-0.3, -0.25) is 4.90 Å². The molecule has 3 unspecified atom stereocenters. The van der Waals surface area contributed by atoms with Crippen LogP contribution in [0.15, 0.2) is 0 Å². The fourth-order valence-electron chi connectivity index (χ4n) is 1.99. The van der Waals surface area contributed by atoms with Crippen LogP contribution in [-0.4, -0.2) is 49.3 Å². The summed E-state index contributed by atoms with van der Waals surface area (Å²) in [4.78, 5) is 2.52. The minimum Gasteiger partial charge on any atom is -0.376 e. The third kappa shape index (κ3) is 3.56. The first-order chi connectivity index (χ1) is 6.63. The summed E-state index contributed by atoms with van der Waals surface area (Å²) in [7, 11) is 0. The lowest BCUT2D eigenvalue weighted by atomic mass is 10.2. The molecule has 0 amide bonds. The van der Waals surface area contributed by atoms with E-state index in [0.717, 1.165) is 26.2 Å². The maximum absolute atomic E-state index is 5.60. The largest absolute Gasteiger partial charge is 0.376 e. The van der Waals surface area contributed by atoms with Crippen LogP contribution in [0.4, 0.5) is 0 Å². The van der Waals surface area contributed by atoms with E-state index in [2.05, 4.69) is 37.9 Å². The first-order valence-electron chi connectivity index (χ1n) is 5.72. The van der Waals surface area contributed by atoms with E-state index in [1.165, 1.54) is 0 Å². The van der Waals surface area contributed by atoms with Crippen LogP contribution in [0.3, 0.4) is 0 Å². The van der Waals surface area contributed by atoms with Crippen LogP contribution >= 0.6 is 0 Å². The molecule has 3 heteroatoms. The van der Waals surface area contributed by atoms with Gasteiger partial charge in [0.05, 0.1) is 12.7 Å². The lowest BCUT2D eigenvalue weighted by Crippen LogP contribution is -2.51. The smallest absolute Gasteiger partial charge is 0.0674 e. The Kier molecular flexibility index (Phi) is 4.85. The summed E-state index contributed by atoms with van der Waals surface area (Å²) in [5.41, 5.74) is 0. The SMILES string of the molecule is CCNC(C)CN1CC(C)OCC1C. The zero-order chi connectivity index (χ0) is 10.6. The van der Waals surface area contributed by atoms with Crippen molar-refractivity contribution in [3.05, 3.63) is 0 Å². The van der Waals surface area contributed by atoms with Crippen molar-refractivity contribution < 1.29 is 4.74 Å². The Bertz CT molecular complexity index is 163. The van der Waals surface area contributed by atoms with E-state index in [4.69, 9.17) is 4.74 Å². The highest BCUT2D eigenvalue weighted by molar-refractivity contribution is 4.78. The molecule has 3 atom stereocenters. The maximum Gasteiger partial charge on any atom is 0.0674 e. The second-order valence-electron chi connectivity index (χ2n) is 4.41. The second kappa shape index (κ2) is 5.69. The number of ether oxygens (including phenoxy) is 1. The lowest BCUT2D eigenvalue weighted by Gasteiger charge is -2.38. The summed E-state index contributed by atoms with van der Waals surface area (Å²) in [5.74, 6) is 0. The summed E-state index contributed by atoms with van der Waals surface area (Å²) < 4.78 is 5.60. The molecule has 0 spiro atoms. The summed E-state index contributed by atoms with van der Waals surface area (Å²) in [6.45, 7) is 12.9. The van der Waals surface area contributed by atoms with Crippen LogP contribution in [0.1, 0.15) is 27.7 Å². The van der Waals surface area contributed by atoms with Crippen LogP contribution < -0.4 is 5.32 Å². The fourth-order valence-corrected chi connectivity index (χ4v) is 1.99. The fraction of sp³-hybridized carbons (Fsp3) is 1.00. The maximum atomic E-state index is 5.60. The van der Waals surface area contributed by atoms with Crippen LogP contribution in [0.25, 0.3) is 0 Å². The van der Waals surface area contributed by atoms with Crippen molar-refractivity contribution in [2.45, 2.75) is 45.9 Å². The highest BCUT2D eigenvalue weighted by Gasteiger charge is 2.24. The molecule has 1 heterocycles. The number of morpholine rings is 1. The van der Waals surface area contributed by atoms with Gasteiger partial charge in [-0.15, -0.1) is 0 Å². The average molecular weight is 200 g/mol. The van der Waals surface area contributed by atoms with E-state index in [-0.39, 0.29) is 0 Å². The van der Waals surface area contributed by atoms with E-state index in [1.54, 1.807) is 0 Å². The highest BCUT2D eigenvalue weighted by Crippen LogP contribution is 2.11. The second-order valence-corrected chi connectivity index (χ2v) is 4.41. The number of hydrogen-bond acceptors (Lipinski definition) is 3. The Hall–Kier alpha value is -0.120. The van der Waals surface area contributed by atoms with E-state index in [0.29, 0.717) is 18.2 Å². The summed E-state index contributed by atoms with van der Waals surface area (Å²) >= 11 is 0. The first kappa shape index (κ1) is 12.0. The number of hydrogen-bond donors (Lipinski definition) is 1. The van der Waals surface area contributed by atoms with E-state index in [1.807, 2.05) is 0 Å². The molecule has 0 saturated carbocycles. The molecule has 1 saturated heterocycles. The van der Waals surface area contributed by atoms with E-state index in [9.17, 15) is 0 Å². The van der Waals surface area contributed by atoms with Gasteiger partial charge in [0.1, 0.15) is 0 Å². The Morgan fingerprint density at radius 3 is 2.86 bits per heavy atom. The summed E-state index contributed by atoms with van der Waals surface area (Å²) in [6, 6.07) is 1.14. The summed E-state index contributed by atoms with van der Waals surface area (Å²) in [5, 5.41) is 3.45. The van der Waals surface area contributed by atoms with Crippen LogP contribution in [-0.2, 0) is 4.74 Å². The van der Waals surface area contributed by atoms with Crippen molar-refractivity contribution in [2.24, 2.45) is 0 Å². The zero-order valence-electron chi connectivity index (χ0n) is 9.92. The predicted molar refractivity (Wildman–Crippen MR) is 59.6 cm³/mol. The minimum absolute atomic E-state index is 0.389. The molecule has 1 aliphatic heterocycles. The topological polar surface area (TPSA) is 24.5 Å². The number of rotatable bonds is 4. The molecule has 0 bridgehead atoms. The van der Waals surface area contributed by atoms with E-state index >= 15 is 0 Å². The summed E-state index contributed by atoms with van der Waals surface area (Å²) in [6.07, 6.45) is 0.389. The van der Waals surface area contributed by atoms with Crippen molar-refractivity contribution in [3.63, 3.8) is 0 Å². The van der Waals surface area contributed by atoms with Gasteiger partial charge in [-0.05, 0) is 27.3 Å². The molecule has 3 nitrogen and oxygen atoms in total. The molecule has 1 aliphatic rings. The molecule has 0 aliphatic carbocycles. The van der Waals surface area contributed by atoms with Crippen molar-refractivity contribution >= 4 is 0 Å². The number of nitrogens with zero attached hydrogens (tertiary/aromatic N) is 1. The van der Waals surface area contributed by atoms with Gasteiger partial charge in [0, 0.05) is 25.2 Å². The number of likely N-dealkylation sites (N-methyl/N-ethyl adjacent to an activating group) is 1. The molecule has 0 aromatic heterocycles. The van der Waals surface area contributed by atoms with Crippen molar-refractivity contribution in [1.82, 2.24) is 10.2 Å². The van der Waals surface area contributed by atoms with Crippen molar-refractivity contribution in [2.75, 3.05) is 26.2 Å². The first-order valence-corrected chi connectivity index (χ1v) is 5.72. The zero-order valence-corrected chi connectivity index (χ0v) is 9.92. The Morgan fingerprint density at radius 2 is 2.21 bits per heavy atom. The molecule has 1 fully saturated rings. The average Bonchev–Trinajstić information content (AvgIpc) is 2.12. The van der Waals surface area contributed by atoms with Gasteiger partial charge in [-0.2, -0.15) is 0 Å². The van der Waals surface area contributed by atoms with Crippen LogP contribution in [0.2, 0.25) is 0 Å². The number of nitrogens with one attached hydrogen (secondary N) is 1. The molecular weight excluding hydrogens is 176 g/mol. The molecule has 0 aromatic carbocycles. The molecule has 0 aromatic rings. The van der Waals surface area contributed by atoms with E-state index < -0.39 is 0 Å². The Balaban J connectivity index is 2.33. The van der Waals surface area contributed by atoms with Gasteiger partial charge in [-0.1, -0.05) is 6.92 Å². The highest BCUT2D eigenvalue weighted by atomic mass is 16.5. The van der Waals surface area contributed by atoms with Gasteiger partial charge in [-0.25, -0.2) is 0 Å². The minimum atomic E-state index is 0.389. The lowest BCUT2D eigenvalue weighted by molar-refractivity contribution is -0.0514. The molecule has 0 radical (unpaired) electrons. The normalized spacial score (nSPS) is 31.7. The van der Waals surface area contributed by atoms with Gasteiger partial charge >= 0.3 is 0 Å². The predicted octanol–water partition coefficient (Wildman–Crippen LogP) is 1.09.